The van der Waals surface area contributed by atoms with E-state index in [0.717, 1.165) is 11.1 Å². The predicted molar refractivity (Wildman–Crippen MR) is 121 cm³/mol. The minimum absolute atomic E-state index is 0.0267. The number of carbonyl (C=O) groups is 1. The Kier molecular flexibility index (Phi) is 7.13. The molecule has 0 atom stereocenters. The summed E-state index contributed by atoms with van der Waals surface area (Å²) in [6.45, 7) is 2.22. The van der Waals surface area contributed by atoms with Gasteiger partial charge in [-0.2, -0.15) is 5.26 Å². The molecule has 0 spiro atoms. The van der Waals surface area contributed by atoms with Crippen LogP contribution in [0.4, 0.5) is 5.69 Å². The Labute approximate surface area is 185 Å². The first-order valence-electron chi connectivity index (χ1n) is 9.12. The van der Waals surface area contributed by atoms with Gasteiger partial charge in [0.15, 0.2) is 0 Å². The molecule has 3 rings (SSSR count). The number of hydrogen-bond donors (Lipinski definition) is 1. The summed E-state index contributed by atoms with van der Waals surface area (Å²) in [5, 5.41) is 13.1. The molecular formula is C24H18Cl2N2O2. The number of carbonyl (C=O) groups excluding carboxylic acids is 1. The number of para-hydroxylation sites is 1. The summed E-state index contributed by atoms with van der Waals surface area (Å²) in [5.74, 6) is 0.0556. The zero-order valence-corrected chi connectivity index (χ0v) is 17.7. The molecule has 0 aliphatic heterocycles. The van der Waals surface area contributed by atoms with Gasteiger partial charge in [0.2, 0.25) is 0 Å². The van der Waals surface area contributed by atoms with E-state index >= 15 is 0 Å². The van der Waals surface area contributed by atoms with Crippen LogP contribution in [-0.4, -0.2) is 5.91 Å². The van der Waals surface area contributed by atoms with E-state index in [-0.39, 0.29) is 12.2 Å². The Hall–Kier alpha value is -3.26. The lowest BCUT2D eigenvalue weighted by Crippen LogP contribution is -2.13. The van der Waals surface area contributed by atoms with Gasteiger partial charge in [-0.25, -0.2) is 0 Å². The Bertz CT molecular complexity index is 1130. The zero-order chi connectivity index (χ0) is 21.5. The summed E-state index contributed by atoms with van der Waals surface area (Å²) in [6, 6.07) is 21.8. The van der Waals surface area contributed by atoms with Crippen molar-refractivity contribution < 1.29 is 9.53 Å². The second kappa shape index (κ2) is 9.98. The third kappa shape index (κ3) is 5.64. The van der Waals surface area contributed by atoms with Crippen LogP contribution in [-0.2, 0) is 11.4 Å². The van der Waals surface area contributed by atoms with Gasteiger partial charge >= 0.3 is 0 Å². The average Bonchev–Trinajstić information content (AvgIpc) is 2.75. The van der Waals surface area contributed by atoms with Gasteiger partial charge in [0.25, 0.3) is 5.91 Å². The van der Waals surface area contributed by atoms with Gasteiger partial charge < -0.3 is 10.1 Å². The van der Waals surface area contributed by atoms with Crippen LogP contribution in [0.3, 0.4) is 0 Å². The van der Waals surface area contributed by atoms with Crippen LogP contribution in [0.15, 0.2) is 72.3 Å². The van der Waals surface area contributed by atoms with Crippen molar-refractivity contribution in [1.82, 2.24) is 0 Å². The van der Waals surface area contributed by atoms with Gasteiger partial charge in [-0.3, -0.25) is 4.79 Å². The summed E-state index contributed by atoms with van der Waals surface area (Å²) in [4.78, 5) is 12.5. The molecule has 0 aromatic heterocycles. The number of nitrogens with one attached hydrogen (secondary N) is 1. The van der Waals surface area contributed by atoms with Gasteiger partial charge in [-0.1, -0.05) is 65.2 Å². The molecule has 0 saturated heterocycles. The topological polar surface area (TPSA) is 62.1 Å². The van der Waals surface area contributed by atoms with E-state index in [1.54, 1.807) is 36.4 Å². The van der Waals surface area contributed by atoms with Crippen LogP contribution < -0.4 is 10.1 Å². The highest BCUT2D eigenvalue weighted by Crippen LogP contribution is 2.25. The zero-order valence-electron chi connectivity index (χ0n) is 16.2. The molecule has 0 saturated carbocycles. The van der Waals surface area contributed by atoms with E-state index in [4.69, 9.17) is 27.9 Å². The molecule has 4 nitrogen and oxygen atoms in total. The summed E-state index contributed by atoms with van der Waals surface area (Å²) in [7, 11) is 0. The van der Waals surface area contributed by atoms with Crippen LogP contribution in [0.5, 0.6) is 5.75 Å². The van der Waals surface area contributed by atoms with E-state index < -0.39 is 5.91 Å². The normalized spacial score (nSPS) is 10.9. The number of rotatable bonds is 6. The van der Waals surface area contributed by atoms with E-state index in [2.05, 4.69) is 5.32 Å². The molecule has 0 heterocycles. The molecular weight excluding hydrogens is 419 g/mol. The number of anilines is 1. The highest BCUT2D eigenvalue weighted by molar-refractivity contribution is 6.42. The third-order valence-electron chi connectivity index (χ3n) is 4.27. The molecule has 0 aliphatic rings. The van der Waals surface area contributed by atoms with Crippen LogP contribution in [0.25, 0.3) is 6.08 Å². The number of hydrogen-bond acceptors (Lipinski definition) is 3. The van der Waals surface area contributed by atoms with E-state index in [9.17, 15) is 10.1 Å². The number of aryl methyl sites for hydroxylation is 1. The molecule has 150 valence electrons. The second-order valence-corrected chi connectivity index (χ2v) is 7.38. The Balaban J connectivity index is 1.77. The lowest BCUT2D eigenvalue weighted by atomic mass is 10.1. The fourth-order valence-electron chi connectivity index (χ4n) is 2.66. The van der Waals surface area contributed by atoms with Crippen molar-refractivity contribution in [2.75, 3.05) is 5.32 Å². The maximum atomic E-state index is 12.5. The number of ether oxygens (including phenoxy) is 1. The molecule has 3 aromatic carbocycles. The molecule has 6 heteroatoms. The van der Waals surface area contributed by atoms with Crippen molar-refractivity contribution in [2.45, 2.75) is 13.5 Å². The van der Waals surface area contributed by atoms with Gasteiger partial charge in [0, 0.05) is 11.3 Å². The van der Waals surface area contributed by atoms with Crippen molar-refractivity contribution in [3.63, 3.8) is 0 Å². The Morgan fingerprint density at radius 2 is 1.80 bits per heavy atom. The van der Waals surface area contributed by atoms with Crippen LogP contribution in [0.2, 0.25) is 10.0 Å². The van der Waals surface area contributed by atoms with E-state index in [0.29, 0.717) is 27.0 Å². The predicted octanol–water partition coefficient (Wildman–Crippen LogP) is 6.43. The molecule has 3 aromatic rings. The molecule has 30 heavy (non-hydrogen) atoms. The second-order valence-electron chi connectivity index (χ2n) is 6.56. The Morgan fingerprint density at radius 1 is 1.07 bits per heavy atom. The third-order valence-corrected chi connectivity index (χ3v) is 5.01. The summed E-state index contributed by atoms with van der Waals surface area (Å²) in [5.41, 5.74) is 3.14. The lowest BCUT2D eigenvalue weighted by Gasteiger charge is -2.10. The highest BCUT2D eigenvalue weighted by Gasteiger charge is 2.11. The molecule has 0 radical (unpaired) electrons. The SMILES string of the molecule is Cc1ccc(NC(=O)/C(C#N)=C/c2ccccc2OCc2ccc(Cl)c(Cl)c2)cc1. The highest BCUT2D eigenvalue weighted by atomic mass is 35.5. The van der Waals surface area contributed by atoms with Crippen molar-refractivity contribution in [1.29, 1.82) is 5.26 Å². The fourth-order valence-corrected chi connectivity index (χ4v) is 2.98. The van der Waals surface area contributed by atoms with Gasteiger partial charge in [0.05, 0.1) is 10.0 Å². The maximum absolute atomic E-state index is 12.5. The van der Waals surface area contributed by atoms with Gasteiger partial charge in [-0.05, 0) is 48.9 Å². The first-order chi connectivity index (χ1) is 14.5. The van der Waals surface area contributed by atoms with Crippen LogP contribution >= 0.6 is 23.2 Å². The number of halogens is 2. The van der Waals surface area contributed by atoms with E-state index in [1.165, 1.54) is 6.08 Å². The number of benzene rings is 3. The first-order valence-corrected chi connectivity index (χ1v) is 9.87. The number of nitrogens with zero attached hydrogens (tertiary/aromatic N) is 1. The van der Waals surface area contributed by atoms with Crippen molar-refractivity contribution >= 4 is 40.9 Å². The minimum Gasteiger partial charge on any atom is -0.488 e. The van der Waals surface area contributed by atoms with Crippen molar-refractivity contribution in [2.24, 2.45) is 0 Å². The van der Waals surface area contributed by atoms with Crippen LogP contribution in [0, 0.1) is 18.3 Å². The molecule has 0 bridgehead atoms. The standard InChI is InChI=1S/C24H18Cl2N2O2/c1-16-6-9-20(10-7-16)28-24(29)19(14-27)13-18-4-2-3-5-23(18)30-15-17-8-11-21(25)22(26)12-17/h2-13H,15H2,1H3,(H,28,29)/b19-13+. The maximum Gasteiger partial charge on any atom is 0.266 e. The fraction of sp³-hybridized carbons (Fsp3) is 0.0833. The summed E-state index contributed by atoms with van der Waals surface area (Å²) < 4.78 is 5.89. The monoisotopic (exact) mass is 436 g/mol. The molecule has 0 fully saturated rings. The molecule has 0 unspecified atom stereocenters. The van der Waals surface area contributed by atoms with Crippen LogP contribution in [0.1, 0.15) is 16.7 Å². The first kappa shape index (κ1) is 21.4. The van der Waals surface area contributed by atoms with Gasteiger partial charge in [0.1, 0.15) is 24.0 Å². The smallest absolute Gasteiger partial charge is 0.266 e. The quantitative estimate of drug-likeness (QED) is 0.357. The summed E-state index contributed by atoms with van der Waals surface area (Å²) >= 11 is 12.0. The molecule has 1 N–H and O–H groups in total. The largest absolute Gasteiger partial charge is 0.488 e. The van der Waals surface area contributed by atoms with Crippen molar-refractivity contribution in [3.05, 3.63) is 99.0 Å². The Morgan fingerprint density at radius 3 is 2.50 bits per heavy atom. The number of nitriles is 1. The van der Waals surface area contributed by atoms with Gasteiger partial charge in [-0.15, -0.1) is 0 Å². The number of amides is 1. The minimum atomic E-state index is -0.486. The summed E-state index contributed by atoms with van der Waals surface area (Å²) in [6.07, 6.45) is 1.51. The average molecular weight is 437 g/mol. The van der Waals surface area contributed by atoms with E-state index in [1.807, 2.05) is 43.3 Å². The molecule has 0 aliphatic carbocycles. The van der Waals surface area contributed by atoms with Crippen molar-refractivity contribution in [3.8, 4) is 11.8 Å². The lowest BCUT2D eigenvalue weighted by molar-refractivity contribution is -0.112. The molecule has 1 amide bonds.